The van der Waals surface area contributed by atoms with Gasteiger partial charge in [-0.05, 0) is 31.0 Å². The van der Waals surface area contributed by atoms with Crippen LogP contribution in [0.3, 0.4) is 0 Å². The number of phenolic OH excluding ortho intramolecular Hbond substituents is 1. The highest BCUT2D eigenvalue weighted by Gasteiger charge is 2.03. The summed E-state index contributed by atoms with van der Waals surface area (Å²) < 4.78 is 10.8. The van der Waals surface area contributed by atoms with E-state index in [0.29, 0.717) is 19.0 Å². The Balaban J connectivity index is 2.50. The van der Waals surface area contributed by atoms with Crippen LogP contribution >= 0.6 is 0 Å². The van der Waals surface area contributed by atoms with Crippen molar-refractivity contribution in [1.82, 2.24) is 0 Å². The molecule has 0 aliphatic heterocycles. The van der Waals surface area contributed by atoms with Crippen LogP contribution in [-0.2, 0) is 11.3 Å². The van der Waals surface area contributed by atoms with Crippen LogP contribution in [0, 0.1) is 0 Å². The molecule has 1 rings (SSSR count). The van der Waals surface area contributed by atoms with E-state index in [-0.39, 0.29) is 5.75 Å². The molecule has 0 aliphatic rings. The Morgan fingerprint density at radius 2 is 2.06 bits per heavy atom. The van der Waals surface area contributed by atoms with Gasteiger partial charge in [0.2, 0.25) is 0 Å². The molecule has 90 valence electrons. The third kappa shape index (κ3) is 4.11. The van der Waals surface area contributed by atoms with Crippen LogP contribution in [-0.4, -0.2) is 18.3 Å². The predicted molar refractivity (Wildman–Crippen MR) is 63.8 cm³/mol. The van der Waals surface area contributed by atoms with E-state index < -0.39 is 0 Å². The summed E-state index contributed by atoms with van der Waals surface area (Å²) >= 11 is 0. The Morgan fingerprint density at radius 1 is 1.25 bits per heavy atom. The Hall–Kier alpha value is -1.22. The largest absolute Gasteiger partial charge is 0.504 e. The summed E-state index contributed by atoms with van der Waals surface area (Å²) in [6.07, 6.45) is 2.22. The van der Waals surface area contributed by atoms with Gasteiger partial charge in [0, 0.05) is 6.61 Å². The van der Waals surface area contributed by atoms with Crippen molar-refractivity contribution in [2.45, 2.75) is 33.3 Å². The summed E-state index contributed by atoms with van der Waals surface area (Å²) in [6.45, 7) is 5.93. The zero-order chi connectivity index (χ0) is 11.8. The molecule has 0 amide bonds. The van der Waals surface area contributed by atoms with Crippen LogP contribution in [0.15, 0.2) is 18.2 Å². The maximum absolute atomic E-state index is 9.51. The molecular weight excluding hydrogens is 204 g/mol. The number of hydrogen-bond donors (Lipinski definition) is 1. The molecule has 0 spiro atoms. The number of phenols is 1. The molecule has 16 heavy (non-hydrogen) atoms. The molecular formula is C13H20O3. The van der Waals surface area contributed by atoms with Gasteiger partial charge in [0.25, 0.3) is 0 Å². The van der Waals surface area contributed by atoms with E-state index in [2.05, 4.69) is 6.92 Å². The van der Waals surface area contributed by atoms with Gasteiger partial charge in [-0.1, -0.05) is 19.4 Å². The average Bonchev–Trinajstić information content (AvgIpc) is 2.29. The van der Waals surface area contributed by atoms with Crippen LogP contribution < -0.4 is 4.74 Å². The van der Waals surface area contributed by atoms with Crippen molar-refractivity contribution in [1.29, 1.82) is 0 Å². The van der Waals surface area contributed by atoms with Crippen LogP contribution in [0.1, 0.15) is 32.3 Å². The molecule has 0 aromatic heterocycles. The number of hydrogen-bond acceptors (Lipinski definition) is 3. The minimum Gasteiger partial charge on any atom is -0.504 e. The van der Waals surface area contributed by atoms with E-state index in [1.165, 1.54) is 0 Å². The smallest absolute Gasteiger partial charge is 0.161 e. The summed E-state index contributed by atoms with van der Waals surface area (Å²) in [7, 11) is 0. The Kier molecular flexibility index (Phi) is 5.72. The summed E-state index contributed by atoms with van der Waals surface area (Å²) in [5.74, 6) is 0.707. The first-order chi connectivity index (χ1) is 7.77. The second-order valence-corrected chi connectivity index (χ2v) is 3.64. The molecule has 3 heteroatoms. The van der Waals surface area contributed by atoms with Gasteiger partial charge in [-0.2, -0.15) is 0 Å². The normalized spacial score (nSPS) is 10.4. The van der Waals surface area contributed by atoms with Crippen LogP contribution in [0.5, 0.6) is 11.5 Å². The standard InChI is InChI=1S/C13H20O3/c1-3-5-8-15-10-11-6-7-12(14)13(9-11)16-4-2/h6-7,9,14H,3-5,8,10H2,1-2H3. The molecule has 0 fully saturated rings. The van der Waals surface area contributed by atoms with E-state index in [4.69, 9.17) is 9.47 Å². The van der Waals surface area contributed by atoms with Crippen molar-refractivity contribution in [3.63, 3.8) is 0 Å². The summed E-state index contributed by atoms with van der Waals surface area (Å²) in [5, 5.41) is 9.51. The lowest BCUT2D eigenvalue weighted by molar-refractivity contribution is 0.118. The summed E-state index contributed by atoms with van der Waals surface area (Å²) in [5.41, 5.74) is 1.03. The van der Waals surface area contributed by atoms with E-state index in [1.54, 1.807) is 6.07 Å². The van der Waals surface area contributed by atoms with Crippen molar-refractivity contribution >= 4 is 0 Å². The maximum atomic E-state index is 9.51. The zero-order valence-corrected chi connectivity index (χ0v) is 10.0. The van der Waals surface area contributed by atoms with Gasteiger partial charge >= 0.3 is 0 Å². The van der Waals surface area contributed by atoms with E-state index >= 15 is 0 Å². The highest BCUT2D eigenvalue weighted by Crippen LogP contribution is 2.26. The molecule has 3 nitrogen and oxygen atoms in total. The van der Waals surface area contributed by atoms with Gasteiger partial charge in [0.1, 0.15) is 0 Å². The molecule has 0 saturated heterocycles. The van der Waals surface area contributed by atoms with Crippen molar-refractivity contribution < 1.29 is 14.6 Å². The maximum Gasteiger partial charge on any atom is 0.161 e. The molecule has 0 unspecified atom stereocenters. The minimum atomic E-state index is 0.180. The topological polar surface area (TPSA) is 38.7 Å². The quantitative estimate of drug-likeness (QED) is 0.723. The molecule has 0 radical (unpaired) electrons. The van der Waals surface area contributed by atoms with Gasteiger partial charge < -0.3 is 14.6 Å². The molecule has 1 aromatic rings. The number of benzene rings is 1. The number of aromatic hydroxyl groups is 1. The molecule has 0 heterocycles. The number of rotatable bonds is 7. The van der Waals surface area contributed by atoms with Gasteiger partial charge in [-0.3, -0.25) is 0 Å². The lowest BCUT2D eigenvalue weighted by Gasteiger charge is -2.08. The van der Waals surface area contributed by atoms with E-state index in [9.17, 15) is 5.11 Å². The van der Waals surface area contributed by atoms with E-state index in [1.807, 2.05) is 19.1 Å². The van der Waals surface area contributed by atoms with Crippen molar-refractivity contribution in [2.75, 3.05) is 13.2 Å². The second kappa shape index (κ2) is 7.12. The first kappa shape index (κ1) is 12.8. The fourth-order valence-electron chi connectivity index (χ4n) is 1.36. The SMILES string of the molecule is CCCCOCc1ccc(O)c(OCC)c1. The Labute approximate surface area is 97.0 Å². The third-order valence-corrected chi connectivity index (χ3v) is 2.24. The second-order valence-electron chi connectivity index (χ2n) is 3.64. The number of unbranched alkanes of at least 4 members (excludes halogenated alkanes) is 1. The lowest BCUT2D eigenvalue weighted by atomic mass is 10.2. The molecule has 0 atom stereocenters. The molecule has 1 N–H and O–H groups in total. The molecule has 0 bridgehead atoms. The van der Waals surface area contributed by atoms with Crippen LogP contribution in [0.2, 0.25) is 0 Å². The Morgan fingerprint density at radius 3 is 2.75 bits per heavy atom. The van der Waals surface area contributed by atoms with E-state index in [0.717, 1.165) is 25.0 Å². The monoisotopic (exact) mass is 224 g/mol. The van der Waals surface area contributed by atoms with Crippen LogP contribution in [0.4, 0.5) is 0 Å². The predicted octanol–water partition coefficient (Wildman–Crippen LogP) is 3.11. The first-order valence-electron chi connectivity index (χ1n) is 5.80. The minimum absolute atomic E-state index is 0.180. The zero-order valence-electron chi connectivity index (χ0n) is 10.0. The first-order valence-corrected chi connectivity index (χ1v) is 5.80. The lowest BCUT2D eigenvalue weighted by Crippen LogP contribution is -1.97. The highest BCUT2D eigenvalue weighted by atomic mass is 16.5. The van der Waals surface area contributed by atoms with Gasteiger partial charge in [-0.25, -0.2) is 0 Å². The molecule has 0 saturated carbocycles. The Bertz CT molecular complexity index is 310. The third-order valence-electron chi connectivity index (χ3n) is 2.24. The van der Waals surface area contributed by atoms with Crippen molar-refractivity contribution in [2.24, 2.45) is 0 Å². The van der Waals surface area contributed by atoms with Crippen LogP contribution in [0.25, 0.3) is 0 Å². The highest BCUT2D eigenvalue weighted by molar-refractivity contribution is 5.41. The molecule has 0 aliphatic carbocycles. The van der Waals surface area contributed by atoms with Gasteiger partial charge in [-0.15, -0.1) is 0 Å². The van der Waals surface area contributed by atoms with Gasteiger partial charge in [0.15, 0.2) is 11.5 Å². The summed E-state index contributed by atoms with van der Waals surface area (Å²) in [6, 6.07) is 5.32. The van der Waals surface area contributed by atoms with Gasteiger partial charge in [0.05, 0.1) is 13.2 Å². The fourth-order valence-corrected chi connectivity index (χ4v) is 1.36. The van der Waals surface area contributed by atoms with Crippen molar-refractivity contribution in [3.05, 3.63) is 23.8 Å². The number of ether oxygens (including phenoxy) is 2. The van der Waals surface area contributed by atoms with Crippen molar-refractivity contribution in [3.8, 4) is 11.5 Å². The molecule has 1 aromatic carbocycles. The average molecular weight is 224 g/mol. The fraction of sp³-hybridized carbons (Fsp3) is 0.538. The summed E-state index contributed by atoms with van der Waals surface area (Å²) in [4.78, 5) is 0.